The van der Waals surface area contributed by atoms with Crippen molar-refractivity contribution in [1.29, 1.82) is 0 Å². The van der Waals surface area contributed by atoms with Gasteiger partial charge in [-0.25, -0.2) is 4.98 Å². The fraction of sp³-hybridized carbons (Fsp3) is 0.158. The van der Waals surface area contributed by atoms with Gasteiger partial charge in [-0.3, -0.25) is 14.6 Å². The quantitative estimate of drug-likeness (QED) is 0.684. The van der Waals surface area contributed by atoms with E-state index in [1.807, 2.05) is 42.0 Å². The van der Waals surface area contributed by atoms with Crippen LogP contribution in [-0.4, -0.2) is 32.9 Å². The molecule has 2 aromatic heterocycles. The highest BCUT2D eigenvalue weighted by atomic mass is 35.5. The minimum absolute atomic E-state index is 0.148. The summed E-state index contributed by atoms with van der Waals surface area (Å²) in [5.41, 5.74) is 2.10. The standard InChI is InChI=1S/C19H18ClN5O2/c1-13(14-2-4-16(5-3-14)25-9-8-21-12-25)24-18(26)11-23-19(27)17-10-15(20)6-7-22-17/h2-10,12-13H,11H2,1H3,(H,23,27)(H,24,26). The minimum Gasteiger partial charge on any atom is -0.348 e. The Labute approximate surface area is 161 Å². The van der Waals surface area contributed by atoms with E-state index in [9.17, 15) is 9.59 Å². The highest BCUT2D eigenvalue weighted by Crippen LogP contribution is 2.15. The predicted octanol–water partition coefficient (Wildman–Crippen LogP) is 2.53. The summed E-state index contributed by atoms with van der Waals surface area (Å²) in [6, 6.07) is 10.6. The number of carbonyl (C=O) groups excluding carboxylic acids is 2. The van der Waals surface area contributed by atoms with E-state index >= 15 is 0 Å². The molecular weight excluding hydrogens is 366 g/mol. The lowest BCUT2D eigenvalue weighted by Gasteiger charge is -2.15. The number of hydrogen-bond acceptors (Lipinski definition) is 4. The number of amides is 2. The molecule has 2 amide bonds. The molecule has 3 aromatic rings. The normalized spacial score (nSPS) is 11.6. The summed E-state index contributed by atoms with van der Waals surface area (Å²) in [6.07, 6.45) is 6.73. The van der Waals surface area contributed by atoms with E-state index in [2.05, 4.69) is 20.6 Å². The molecular formula is C19H18ClN5O2. The number of nitrogens with zero attached hydrogens (tertiary/aromatic N) is 3. The molecule has 2 heterocycles. The van der Waals surface area contributed by atoms with Crippen molar-refractivity contribution in [2.45, 2.75) is 13.0 Å². The van der Waals surface area contributed by atoms with Crippen molar-refractivity contribution in [2.75, 3.05) is 6.54 Å². The molecule has 0 aliphatic heterocycles. The van der Waals surface area contributed by atoms with Gasteiger partial charge in [0.25, 0.3) is 5.91 Å². The molecule has 3 rings (SSSR count). The lowest BCUT2D eigenvalue weighted by molar-refractivity contribution is -0.120. The smallest absolute Gasteiger partial charge is 0.270 e. The van der Waals surface area contributed by atoms with Gasteiger partial charge in [-0.2, -0.15) is 0 Å². The van der Waals surface area contributed by atoms with Gasteiger partial charge in [-0.05, 0) is 36.8 Å². The van der Waals surface area contributed by atoms with Gasteiger partial charge in [0.1, 0.15) is 5.69 Å². The van der Waals surface area contributed by atoms with Crippen LogP contribution in [0.5, 0.6) is 0 Å². The van der Waals surface area contributed by atoms with Gasteiger partial charge in [0, 0.05) is 29.3 Å². The fourth-order valence-corrected chi connectivity index (χ4v) is 2.66. The summed E-state index contributed by atoms with van der Waals surface area (Å²) >= 11 is 5.83. The van der Waals surface area contributed by atoms with Gasteiger partial charge in [0.2, 0.25) is 5.91 Å². The summed E-state index contributed by atoms with van der Waals surface area (Å²) in [6.45, 7) is 1.73. The van der Waals surface area contributed by atoms with Gasteiger partial charge < -0.3 is 15.2 Å². The van der Waals surface area contributed by atoms with Crippen LogP contribution in [0.3, 0.4) is 0 Å². The van der Waals surface area contributed by atoms with E-state index in [0.717, 1.165) is 11.3 Å². The van der Waals surface area contributed by atoms with Crippen LogP contribution >= 0.6 is 11.6 Å². The van der Waals surface area contributed by atoms with Crippen molar-refractivity contribution < 1.29 is 9.59 Å². The second-order valence-electron chi connectivity index (χ2n) is 5.89. The van der Waals surface area contributed by atoms with Crippen molar-refractivity contribution in [1.82, 2.24) is 25.2 Å². The second kappa shape index (κ2) is 8.46. The molecule has 27 heavy (non-hydrogen) atoms. The number of imidazole rings is 1. The minimum atomic E-state index is -0.454. The predicted molar refractivity (Wildman–Crippen MR) is 102 cm³/mol. The number of nitrogens with one attached hydrogen (secondary N) is 2. The number of rotatable bonds is 6. The Balaban J connectivity index is 1.52. The highest BCUT2D eigenvalue weighted by Gasteiger charge is 2.13. The zero-order valence-corrected chi connectivity index (χ0v) is 15.3. The van der Waals surface area contributed by atoms with Crippen molar-refractivity contribution >= 4 is 23.4 Å². The van der Waals surface area contributed by atoms with Crippen LogP contribution in [-0.2, 0) is 4.79 Å². The molecule has 2 N–H and O–H groups in total. The molecule has 7 nitrogen and oxygen atoms in total. The lowest BCUT2D eigenvalue weighted by atomic mass is 10.1. The third-order valence-corrected chi connectivity index (χ3v) is 4.17. The number of aromatic nitrogens is 3. The summed E-state index contributed by atoms with van der Waals surface area (Å²) in [4.78, 5) is 32.0. The van der Waals surface area contributed by atoms with Crippen LogP contribution in [0.2, 0.25) is 5.02 Å². The molecule has 0 aliphatic rings. The van der Waals surface area contributed by atoms with Crippen LogP contribution in [0.25, 0.3) is 5.69 Å². The Kier molecular flexibility index (Phi) is 5.83. The summed E-state index contributed by atoms with van der Waals surface area (Å²) in [5, 5.41) is 5.79. The van der Waals surface area contributed by atoms with Crippen molar-refractivity contribution in [3.63, 3.8) is 0 Å². The number of pyridine rings is 1. The second-order valence-corrected chi connectivity index (χ2v) is 6.33. The maximum Gasteiger partial charge on any atom is 0.270 e. The molecule has 1 unspecified atom stereocenters. The first-order chi connectivity index (χ1) is 13.0. The first kappa shape index (κ1) is 18.6. The molecule has 0 saturated heterocycles. The Bertz CT molecular complexity index is 926. The van der Waals surface area contributed by atoms with Crippen LogP contribution in [0.4, 0.5) is 0 Å². The third-order valence-electron chi connectivity index (χ3n) is 3.94. The van der Waals surface area contributed by atoms with E-state index in [-0.39, 0.29) is 24.2 Å². The lowest BCUT2D eigenvalue weighted by Crippen LogP contribution is -2.38. The number of hydrogen-bond donors (Lipinski definition) is 2. The van der Waals surface area contributed by atoms with Gasteiger partial charge in [-0.15, -0.1) is 0 Å². The summed E-state index contributed by atoms with van der Waals surface area (Å²) in [5.74, 6) is -0.749. The third kappa shape index (κ3) is 4.92. The highest BCUT2D eigenvalue weighted by molar-refractivity contribution is 6.30. The van der Waals surface area contributed by atoms with Crippen molar-refractivity contribution in [3.05, 3.63) is 77.6 Å². The zero-order valence-electron chi connectivity index (χ0n) is 14.6. The van der Waals surface area contributed by atoms with Gasteiger partial charge in [0.15, 0.2) is 0 Å². The van der Waals surface area contributed by atoms with E-state index in [4.69, 9.17) is 11.6 Å². The molecule has 0 aliphatic carbocycles. The Morgan fingerprint density at radius 1 is 1.19 bits per heavy atom. The maximum atomic E-state index is 12.1. The Morgan fingerprint density at radius 2 is 1.96 bits per heavy atom. The molecule has 0 spiro atoms. The number of carbonyl (C=O) groups is 2. The fourth-order valence-electron chi connectivity index (χ4n) is 2.50. The summed E-state index contributed by atoms with van der Waals surface area (Å²) < 4.78 is 1.90. The topological polar surface area (TPSA) is 88.9 Å². The van der Waals surface area contributed by atoms with Gasteiger partial charge in [-0.1, -0.05) is 23.7 Å². The molecule has 8 heteroatoms. The van der Waals surface area contributed by atoms with Crippen molar-refractivity contribution in [2.24, 2.45) is 0 Å². The molecule has 0 saturated carbocycles. The first-order valence-corrected chi connectivity index (χ1v) is 8.68. The zero-order chi connectivity index (χ0) is 19.2. The Morgan fingerprint density at radius 3 is 2.63 bits per heavy atom. The maximum absolute atomic E-state index is 12.1. The average Bonchev–Trinajstić information content (AvgIpc) is 3.21. The van der Waals surface area contributed by atoms with E-state index < -0.39 is 5.91 Å². The van der Waals surface area contributed by atoms with E-state index in [0.29, 0.717) is 5.02 Å². The molecule has 0 radical (unpaired) electrons. The molecule has 1 aromatic carbocycles. The number of halogens is 1. The van der Waals surface area contributed by atoms with Crippen LogP contribution < -0.4 is 10.6 Å². The van der Waals surface area contributed by atoms with E-state index in [1.165, 1.54) is 12.3 Å². The van der Waals surface area contributed by atoms with Gasteiger partial charge >= 0.3 is 0 Å². The molecule has 0 fully saturated rings. The van der Waals surface area contributed by atoms with Crippen LogP contribution in [0, 0.1) is 0 Å². The molecule has 0 bridgehead atoms. The van der Waals surface area contributed by atoms with E-state index in [1.54, 1.807) is 18.6 Å². The van der Waals surface area contributed by atoms with Gasteiger partial charge in [0.05, 0.1) is 18.9 Å². The average molecular weight is 384 g/mol. The summed E-state index contributed by atoms with van der Waals surface area (Å²) in [7, 11) is 0. The van der Waals surface area contributed by atoms with Crippen LogP contribution in [0.15, 0.2) is 61.3 Å². The Hall–Kier alpha value is -3.19. The largest absolute Gasteiger partial charge is 0.348 e. The monoisotopic (exact) mass is 383 g/mol. The SMILES string of the molecule is CC(NC(=O)CNC(=O)c1cc(Cl)ccn1)c1ccc(-n2ccnc2)cc1. The van der Waals surface area contributed by atoms with Crippen molar-refractivity contribution in [3.8, 4) is 5.69 Å². The molecule has 138 valence electrons. The van der Waals surface area contributed by atoms with Crippen LogP contribution in [0.1, 0.15) is 29.0 Å². The number of benzene rings is 1. The molecule has 1 atom stereocenters. The first-order valence-electron chi connectivity index (χ1n) is 8.30.